The topological polar surface area (TPSA) is 49.6 Å². The maximum Gasteiger partial charge on any atom is 0.254 e. The molecule has 1 aromatic rings. The fourth-order valence-corrected chi connectivity index (χ4v) is 2.71. The molecule has 0 radical (unpaired) electrons. The quantitative estimate of drug-likeness (QED) is 0.823. The molecular weight excluding hydrogens is 245 g/mol. The van der Waals surface area contributed by atoms with E-state index in [4.69, 9.17) is 5.73 Å². The lowest BCUT2D eigenvalue weighted by Gasteiger charge is -2.22. The largest absolute Gasteiger partial charge is 0.399 e. The molecule has 1 aliphatic rings. The molecule has 19 heavy (non-hydrogen) atoms. The van der Waals surface area contributed by atoms with Crippen LogP contribution in [0.5, 0.6) is 0 Å². The third-order valence-electron chi connectivity index (χ3n) is 3.69. The molecular formula is C14H20FN3O. The van der Waals surface area contributed by atoms with Crippen molar-refractivity contribution >= 4 is 11.6 Å². The third kappa shape index (κ3) is 2.87. The molecule has 104 valence electrons. The Morgan fingerprint density at radius 2 is 2.05 bits per heavy atom. The van der Waals surface area contributed by atoms with Gasteiger partial charge >= 0.3 is 0 Å². The van der Waals surface area contributed by atoms with Gasteiger partial charge in [0.1, 0.15) is 5.82 Å². The number of anilines is 1. The van der Waals surface area contributed by atoms with Crippen LogP contribution >= 0.6 is 0 Å². The van der Waals surface area contributed by atoms with Crippen molar-refractivity contribution in [2.45, 2.75) is 13.0 Å². The lowest BCUT2D eigenvalue weighted by molar-refractivity contribution is 0.0781. The van der Waals surface area contributed by atoms with E-state index in [0.717, 1.165) is 0 Å². The number of benzene rings is 1. The normalized spacial score (nSPS) is 23.1. The number of nitrogens with zero attached hydrogens (tertiary/aromatic N) is 2. The Kier molecular flexibility index (Phi) is 3.75. The van der Waals surface area contributed by atoms with E-state index >= 15 is 0 Å². The van der Waals surface area contributed by atoms with E-state index in [1.807, 2.05) is 14.1 Å². The summed E-state index contributed by atoms with van der Waals surface area (Å²) in [5.74, 6) is -0.216. The Balaban J connectivity index is 2.17. The van der Waals surface area contributed by atoms with Crippen molar-refractivity contribution in [3.8, 4) is 0 Å². The molecule has 2 unspecified atom stereocenters. The Bertz CT molecular complexity index is 469. The fourth-order valence-electron chi connectivity index (χ4n) is 2.71. The molecule has 0 aliphatic carbocycles. The maximum absolute atomic E-state index is 13.3. The highest BCUT2D eigenvalue weighted by molar-refractivity contribution is 5.95. The van der Waals surface area contributed by atoms with E-state index in [-0.39, 0.29) is 11.6 Å². The number of likely N-dealkylation sites (tertiary alicyclic amines) is 1. The molecule has 1 heterocycles. The van der Waals surface area contributed by atoms with Gasteiger partial charge in [0, 0.05) is 30.4 Å². The van der Waals surface area contributed by atoms with E-state index < -0.39 is 5.82 Å². The van der Waals surface area contributed by atoms with Gasteiger partial charge in [-0.1, -0.05) is 6.92 Å². The minimum absolute atomic E-state index is 0.151. The van der Waals surface area contributed by atoms with Crippen LogP contribution in [0.25, 0.3) is 0 Å². The number of rotatable bonds is 2. The number of hydrogen-bond donors (Lipinski definition) is 1. The summed E-state index contributed by atoms with van der Waals surface area (Å²) in [7, 11) is 4.02. The summed E-state index contributed by atoms with van der Waals surface area (Å²) in [6, 6.07) is 4.33. The average Bonchev–Trinajstić information content (AvgIpc) is 2.69. The highest BCUT2D eigenvalue weighted by Gasteiger charge is 2.34. The number of carbonyl (C=O) groups excluding carboxylic acids is 1. The van der Waals surface area contributed by atoms with Crippen molar-refractivity contribution in [1.82, 2.24) is 9.80 Å². The standard InChI is InChI=1S/C14H20FN3O/c1-9-7-18(8-13(9)17(2)3)14(19)10-4-11(15)6-12(16)5-10/h4-6,9,13H,7-8,16H2,1-3H3. The molecule has 0 spiro atoms. The Morgan fingerprint density at radius 1 is 1.37 bits per heavy atom. The van der Waals surface area contributed by atoms with Gasteiger partial charge in [-0.15, -0.1) is 0 Å². The average molecular weight is 265 g/mol. The first-order chi connectivity index (χ1) is 8.88. The van der Waals surface area contributed by atoms with Gasteiger partial charge in [-0.25, -0.2) is 4.39 Å². The van der Waals surface area contributed by atoms with Crippen molar-refractivity contribution < 1.29 is 9.18 Å². The summed E-state index contributed by atoms with van der Waals surface area (Å²) in [4.78, 5) is 16.2. The number of carbonyl (C=O) groups is 1. The van der Waals surface area contributed by atoms with Crippen LogP contribution in [0, 0.1) is 11.7 Å². The summed E-state index contributed by atoms with van der Waals surface area (Å²) >= 11 is 0. The zero-order valence-corrected chi connectivity index (χ0v) is 11.6. The lowest BCUT2D eigenvalue weighted by atomic mass is 10.1. The Hall–Kier alpha value is -1.62. The zero-order valence-electron chi connectivity index (χ0n) is 11.6. The van der Waals surface area contributed by atoms with Crippen molar-refractivity contribution in [3.63, 3.8) is 0 Å². The van der Waals surface area contributed by atoms with Gasteiger partial charge in [-0.05, 0) is 38.2 Å². The molecule has 1 amide bonds. The SMILES string of the molecule is CC1CN(C(=O)c2cc(N)cc(F)c2)CC1N(C)C. The molecule has 1 aromatic carbocycles. The van der Waals surface area contributed by atoms with Crippen molar-refractivity contribution in [1.29, 1.82) is 0 Å². The number of hydrogen-bond acceptors (Lipinski definition) is 3. The first-order valence-corrected chi connectivity index (χ1v) is 6.40. The van der Waals surface area contributed by atoms with Crippen LogP contribution in [-0.4, -0.2) is 48.9 Å². The van der Waals surface area contributed by atoms with Crippen LogP contribution in [0.2, 0.25) is 0 Å². The van der Waals surface area contributed by atoms with E-state index in [0.29, 0.717) is 30.6 Å². The summed E-state index contributed by atoms with van der Waals surface area (Å²) in [5.41, 5.74) is 6.18. The van der Waals surface area contributed by atoms with Crippen LogP contribution in [0.15, 0.2) is 18.2 Å². The van der Waals surface area contributed by atoms with Gasteiger partial charge in [-0.2, -0.15) is 0 Å². The molecule has 2 rings (SSSR count). The van der Waals surface area contributed by atoms with Crippen molar-refractivity contribution in [2.75, 3.05) is 32.9 Å². The summed E-state index contributed by atoms with van der Waals surface area (Å²) in [6.07, 6.45) is 0. The number of likely N-dealkylation sites (N-methyl/N-ethyl adjacent to an activating group) is 1. The van der Waals surface area contributed by atoms with Crippen LogP contribution in [0.4, 0.5) is 10.1 Å². The third-order valence-corrected chi connectivity index (χ3v) is 3.69. The molecule has 1 aliphatic heterocycles. The van der Waals surface area contributed by atoms with Crippen LogP contribution in [0.3, 0.4) is 0 Å². The smallest absolute Gasteiger partial charge is 0.254 e. The monoisotopic (exact) mass is 265 g/mol. The fraction of sp³-hybridized carbons (Fsp3) is 0.500. The predicted molar refractivity (Wildman–Crippen MR) is 73.4 cm³/mol. The zero-order chi connectivity index (χ0) is 14.2. The van der Waals surface area contributed by atoms with Gasteiger partial charge < -0.3 is 15.5 Å². The molecule has 0 bridgehead atoms. The van der Waals surface area contributed by atoms with E-state index in [1.54, 1.807) is 4.90 Å². The number of halogens is 1. The highest BCUT2D eigenvalue weighted by Crippen LogP contribution is 2.22. The van der Waals surface area contributed by atoms with Crippen molar-refractivity contribution in [3.05, 3.63) is 29.6 Å². The minimum atomic E-state index is -0.472. The van der Waals surface area contributed by atoms with Crippen LogP contribution in [0.1, 0.15) is 17.3 Å². The summed E-state index contributed by atoms with van der Waals surface area (Å²) in [6.45, 7) is 3.49. The van der Waals surface area contributed by atoms with Crippen LogP contribution in [-0.2, 0) is 0 Å². The van der Waals surface area contributed by atoms with Gasteiger partial charge in [0.25, 0.3) is 5.91 Å². The molecule has 5 heteroatoms. The number of nitrogens with two attached hydrogens (primary N) is 1. The van der Waals surface area contributed by atoms with E-state index in [1.165, 1.54) is 18.2 Å². The minimum Gasteiger partial charge on any atom is -0.399 e. The van der Waals surface area contributed by atoms with Gasteiger partial charge in [0.05, 0.1) is 0 Å². The van der Waals surface area contributed by atoms with E-state index in [2.05, 4.69) is 11.8 Å². The van der Waals surface area contributed by atoms with E-state index in [9.17, 15) is 9.18 Å². The first kappa shape index (κ1) is 13.8. The van der Waals surface area contributed by atoms with Gasteiger partial charge in [0.15, 0.2) is 0 Å². The molecule has 2 N–H and O–H groups in total. The Labute approximate surface area is 113 Å². The Morgan fingerprint density at radius 3 is 2.58 bits per heavy atom. The summed E-state index contributed by atoms with van der Waals surface area (Å²) < 4.78 is 13.3. The molecule has 4 nitrogen and oxygen atoms in total. The molecule has 1 saturated heterocycles. The van der Waals surface area contributed by atoms with Crippen LogP contribution < -0.4 is 5.73 Å². The number of nitrogen functional groups attached to an aromatic ring is 1. The van der Waals surface area contributed by atoms with Crippen molar-refractivity contribution in [2.24, 2.45) is 5.92 Å². The van der Waals surface area contributed by atoms with Gasteiger partial charge in [0.2, 0.25) is 0 Å². The first-order valence-electron chi connectivity index (χ1n) is 6.40. The second kappa shape index (κ2) is 5.17. The molecule has 0 aromatic heterocycles. The second-order valence-corrected chi connectivity index (χ2v) is 5.49. The highest BCUT2D eigenvalue weighted by atomic mass is 19.1. The predicted octanol–water partition coefficient (Wildman–Crippen LogP) is 1.43. The lowest BCUT2D eigenvalue weighted by Crippen LogP contribution is -2.35. The van der Waals surface area contributed by atoms with Gasteiger partial charge in [-0.3, -0.25) is 4.79 Å². The molecule has 0 saturated carbocycles. The maximum atomic E-state index is 13.3. The molecule has 2 atom stereocenters. The molecule has 1 fully saturated rings. The summed E-state index contributed by atoms with van der Waals surface area (Å²) in [5, 5.41) is 0. The number of amides is 1. The second-order valence-electron chi connectivity index (χ2n) is 5.49.